The molecule has 3 aromatic rings. The summed E-state index contributed by atoms with van der Waals surface area (Å²) in [6, 6.07) is 18.0. The number of methoxy groups -OCH3 is 1. The zero-order valence-electron chi connectivity index (χ0n) is 11.6. The average Bonchev–Trinajstić information content (AvgIpc) is 2.55. The monoisotopic (exact) mass is 279 g/mol. The van der Waals surface area contributed by atoms with Crippen LogP contribution in [0.25, 0.3) is 10.8 Å². The summed E-state index contributed by atoms with van der Waals surface area (Å²) in [6.07, 6.45) is 0. The summed E-state index contributed by atoms with van der Waals surface area (Å²) in [7, 11) is 1.58. The van der Waals surface area contributed by atoms with Gasteiger partial charge in [-0.05, 0) is 42.5 Å². The van der Waals surface area contributed by atoms with E-state index in [-0.39, 0.29) is 11.5 Å². The van der Waals surface area contributed by atoms with Crippen molar-refractivity contribution in [3.05, 3.63) is 71.8 Å². The van der Waals surface area contributed by atoms with Gasteiger partial charge in [-0.3, -0.25) is 4.79 Å². The molecular weight excluding hydrogens is 264 g/mol. The first kappa shape index (κ1) is 13.2. The van der Waals surface area contributed by atoms with Gasteiger partial charge >= 0.3 is 5.78 Å². The fourth-order valence-corrected chi connectivity index (χ4v) is 2.40. The number of hydrogen-bond acceptors (Lipinski definition) is 2. The number of phenolic OH excluding ortho intramolecular Hbond substituents is 1. The standard InChI is InChI=1S/C18H14O3/c1-21-13-7-8-14-15(9-10-17(19)16(14)11-13)18(20)12-5-3-2-4-6-12/h2-11,19H,1H3/p+1. The summed E-state index contributed by atoms with van der Waals surface area (Å²) in [5, 5.41) is 11.4. The van der Waals surface area contributed by atoms with Crippen molar-refractivity contribution in [2.45, 2.75) is 0 Å². The van der Waals surface area contributed by atoms with E-state index in [4.69, 9.17) is 4.74 Å². The highest BCUT2D eigenvalue weighted by Crippen LogP contribution is 2.31. The van der Waals surface area contributed by atoms with Gasteiger partial charge in [0, 0.05) is 10.8 Å². The third kappa shape index (κ3) is 2.34. The van der Waals surface area contributed by atoms with Gasteiger partial charge < -0.3 is 9.84 Å². The molecule has 0 saturated heterocycles. The summed E-state index contributed by atoms with van der Waals surface area (Å²) < 4.78 is 5.18. The van der Waals surface area contributed by atoms with Crippen molar-refractivity contribution in [1.29, 1.82) is 0 Å². The van der Waals surface area contributed by atoms with Crippen molar-refractivity contribution < 1.29 is 14.6 Å². The Balaban J connectivity index is 2.20. The van der Waals surface area contributed by atoms with Gasteiger partial charge in [-0.15, -0.1) is 0 Å². The van der Waals surface area contributed by atoms with Gasteiger partial charge in [-0.25, -0.2) is 0 Å². The van der Waals surface area contributed by atoms with E-state index >= 15 is 0 Å². The third-order valence-electron chi connectivity index (χ3n) is 3.50. The molecule has 3 heteroatoms. The first-order chi connectivity index (χ1) is 10.2. The Labute approximate surface area is 122 Å². The molecule has 0 heterocycles. The van der Waals surface area contributed by atoms with Crippen LogP contribution in [0.1, 0.15) is 11.1 Å². The highest BCUT2D eigenvalue weighted by Gasteiger charge is 2.19. The average molecular weight is 279 g/mol. The van der Waals surface area contributed by atoms with Crippen LogP contribution >= 0.6 is 0 Å². The van der Waals surface area contributed by atoms with Crippen molar-refractivity contribution in [3.8, 4) is 11.5 Å². The number of fused-ring (bicyclic) bond motifs is 1. The molecule has 0 aliphatic carbocycles. The van der Waals surface area contributed by atoms with E-state index in [1.54, 1.807) is 25.3 Å². The van der Waals surface area contributed by atoms with Gasteiger partial charge in [0.05, 0.1) is 18.2 Å². The van der Waals surface area contributed by atoms with Crippen LogP contribution in [-0.4, -0.2) is 22.8 Å². The smallest absolute Gasteiger partial charge is 0.354 e. The van der Waals surface area contributed by atoms with Gasteiger partial charge in [0.15, 0.2) is 0 Å². The molecular formula is C18H15O3+. The van der Waals surface area contributed by atoms with E-state index in [1.165, 1.54) is 0 Å². The Hall–Kier alpha value is -2.81. The first-order valence-electron chi connectivity index (χ1n) is 6.62. The van der Waals surface area contributed by atoms with Crippen LogP contribution in [0.4, 0.5) is 0 Å². The number of phenols is 1. The number of benzene rings is 3. The maximum Gasteiger partial charge on any atom is 0.354 e. The molecule has 0 radical (unpaired) electrons. The summed E-state index contributed by atoms with van der Waals surface area (Å²) in [5.74, 6) is 1.01. The Kier molecular flexibility index (Phi) is 3.32. The van der Waals surface area contributed by atoms with Crippen molar-refractivity contribution in [2.75, 3.05) is 7.11 Å². The zero-order valence-corrected chi connectivity index (χ0v) is 11.6. The molecule has 0 aromatic heterocycles. The van der Waals surface area contributed by atoms with Crippen LogP contribution < -0.4 is 4.74 Å². The predicted octanol–water partition coefficient (Wildman–Crippen LogP) is 3.50. The molecule has 2 N–H and O–H groups in total. The van der Waals surface area contributed by atoms with E-state index < -0.39 is 0 Å². The molecule has 0 amide bonds. The maximum absolute atomic E-state index is 10.5. The number of ether oxygens (including phenoxy) is 1. The highest BCUT2D eigenvalue weighted by molar-refractivity contribution is 6.17. The molecule has 0 bridgehead atoms. The lowest BCUT2D eigenvalue weighted by atomic mass is 9.96. The number of carbonyl (C=O) groups excluding carboxylic acids is 1. The lowest BCUT2D eigenvalue weighted by Gasteiger charge is -2.07. The fraction of sp³-hybridized carbons (Fsp3) is 0.0556. The van der Waals surface area contributed by atoms with Crippen molar-refractivity contribution >= 4 is 16.6 Å². The highest BCUT2D eigenvalue weighted by atomic mass is 16.5. The SMILES string of the molecule is COc1ccc2c(C(=[OH+])c3ccccc3)ccc(O)c2c1. The molecule has 0 fully saturated rings. The Morgan fingerprint density at radius 3 is 2.43 bits per heavy atom. The van der Waals surface area contributed by atoms with Crippen LogP contribution in [0.15, 0.2) is 60.7 Å². The van der Waals surface area contributed by atoms with Crippen LogP contribution in [0.2, 0.25) is 0 Å². The van der Waals surface area contributed by atoms with E-state index in [1.807, 2.05) is 42.5 Å². The van der Waals surface area contributed by atoms with Gasteiger partial charge in [0.1, 0.15) is 11.5 Å². The van der Waals surface area contributed by atoms with Crippen LogP contribution in [0.3, 0.4) is 0 Å². The molecule has 104 valence electrons. The summed E-state index contributed by atoms with van der Waals surface area (Å²) in [4.78, 5) is 10.5. The lowest BCUT2D eigenvalue weighted by Crippen LogP contribution is -2.03. The third-order valence-corrected chi connectivity index (χ3v) is 3.50. The molecule has 3 nitrogen and oxygen atoms in total. The summed E-state index contributed by atoms with van der Waals surface area (Å²) in [6.45, 7) is 0. The second-order valence-electron chi connectivity index (χ2n) is 4.76. The Bertz CT molecular complexity index is 807. The van der Waals surface area contributed by atoms with Crippen LogP contribution in [0.5, 0.6) is 11.5 Å². The minimum absolute atomic E-state index is 0.161. The lowest BCUT2D eigenvalue weighted by molar-refractivity contribution is 0.415. The topological polar surface area (TPSA) is 50.9 Å². The molecule has 0 unspecified atom stereocenters. The van der Waals surface area contributed by atoms with Crippen molar-refractivity contribution in [2.24, 2.45) is 0 Å². The number of hydrogen-bond donors (Lipinski definition) is 1. The molecule has 0 saturated carbocycles. The number of ketones is 1. The van der Waals surface area contributed by atoms with Crippen molar-refractivity contribution in [1.82, 2.24) is 0 Å². The summed E-state index contributed by atoms with van der Waals surface area (Å²) >= 11 is 0. The predicted molar refractivity (Wildman–Crippen MR) is 83.8 cm³/mol. The summed E-state index contributed by atoms with van der Waals surface area (Å²) in [5.41, 5.74) is 1.41. The fourth-order valence-electron chi connectivity index (χ4n) is 2.40. The Morgan fingerprint density at radius 2 is 1.71 bits per heavy atom. The van der Waals surface area contributed by atoms with E-state index in [2.05, 4.69) is 0 Å². The van der Waals surface area contributed by atoms with Crippen molar-refractivity contribution in [3.63, 3.8) is 0 Å². The first-order valence-corrected chi connectivity index (χ1v) is 6.62. The van der Waals surface area contributed by atoms with Gasteiger partial charge in [-0.2, -0.15) is 0 Å². The number of aromatic hydroxyl groups is 1. The quantitative estimate of drug-likeness (QED) is 0.589. The molecule has 0 aliphatic rings. The second kappa shape index (κ2) is 5.29. The van der Waals surface area contributed by atoms with Gasteiger partial charge in [0.25, 0.3) is 0 Å². The minimum Gasteiger partial charge on any atom is -0.507 e. The van der Waals surface area contributed by atoms with E-state index in [0.717, 1.165) is 10.9 Å². The zero-order chi connectivity index (χ0) is 14.8. The molecule has 3 rings (SSSR count). The van der Waals surface area contributed by atoms with Gasteiger partial charge in [0.2, 0.25) is 0 Å². The number of rotatable bonds is 3. The maximum atomic E-state index is 10.5. The largest absolute Gasteiger partial charge is 0.507 e. The minimum atomic E-state index is 0.161. The molecule has 0 spiro atoms. The molecule has 3 aromatic carbocycles. The molecule has 21 heavy (non-hydrogen) atoms. The van der Waals surface area contributed by atoms with Crippen LogP contribution in [0, 0.1) is 0 Å². The molecule has 0 atom stereocenters. The second-order valence-corrected chi connectivity index (χ2v) is 4.76. The Morgan fingerprint density at radius 1 is 0.952 bits per heavy atom. The van der Waals surface area contributed by atoms with E-state index in [9.17, 15) is 9.90 Å². The molecule has 0 aliphatic heterocycles. The van der Waals surface area contributed by atoms with Gasteiger partial charge in [-0.1, -0.05) is 18.2 Å². The normalized spacial score (nSPS) is 10.5. The van der Waals surface area contributed by atoms with Crippen LogP contribution in [-0.2, 0) is 0 Å². The van der Waals surface area contributed by atoms with E-state index in [0.29, 0.717) is 16.7 Å².